The molecule has 1 unspecified atom stereocenters. The van der Waals surface area contributed by atoms with Gasteiger partial charge in [0.1, 0.15) is 0 Å². The van der Waals surface area contributed by atoms with Crippen molar-refractivity contribution in [2.24, 2.45) is 11.7 Å². The van der Waals surface area contributed by atoms with E-state index in [1.54, 1.807) is 13.8 Å². The van der Waals surface area contributed by atoms with Crippen molar-refractivity contribution in [1.29, 1.82) is 0 Å². The maximum absolute atomic E-state index is 12.1. The molecule has 100 valence electrons. The van der Waals surface area contributed by atoms with E-state index in [0.29, 0.717) is 6.54 Å². The number of hydrogen-bond donors (Lipinski definition) is 2. The van der Waals surface area contributed by atoms with Crippen molar-refractivity contribution in [2.45, 2.75) is 32.2 Å². The van der Waals surface area contributed by atoms with Crippen LogP contribution in [0.3, 0.4) is 0 Å². The molecule has 0 saturated carbocycles. The van der Waals surface area contributed by atoms with Crippen LogP contribution in [0.25, 0.3) is 0 Å². The first-order valence-electron chi connectivity index (χ1n) is 6.14. The van der Waals surface area contributed by atoms with Crippen LogP contribution in [-0.4, -0.2) is 41.9 Å². The number of nitrogens with one attached hydrogen (secondary N) is 1. The van der Waals surface area contributed by atoms with Gasteiger partial charge in [-0.25, -0.2) is 0 Å². The summed E-state index contributed by atoms with van der Waals surface area (Å²) in [7, 11) is 0. The molecule has 0 aliphatic carbocycles. The Kier molecular flexibility index (Phi) is 4.74. The van der Waals surface area contributed by atoms with E-state index in [9.17, 15) is 9.59 Å². The number of nitrogens with zero attached hydrogens (tertiary/aromatic N) is 1. The lowest BCUT2D eigenvalue weighted by atomic mass is 9.95. The van der Waals surface area contributed by atoms with E-state index >= 15 is 0 Å². The number of carbonyl (C=O) groups is 2. The molecule has 1 atom stereocenters. The fraction of sp³-hybridized carbons (Fsp3) is 0.692. The molecular formula is C13H21N3O2. The second-order valence-corrected chi connectivity index (χ2v) is 5.30. The van der Waals surface area contributed by atoms with Crippen molar-refractivity contribution in [1.82, 2.24) is 10.2 Å². The van der Waals surface area contributed by atoms with Gasteiger partial charge >= 0.3 is 0 Å². The highest BCUT2D eigenvalue weighted by Crippen LogP contribution is 2.17. The van der Waals surface area contributed by atoms with Crippen LogP contribution in [0.4, 0.5) is 0 Å². The number of terminal acetylenes is 1. The molecule has 0 aromatic carbocycles. The molecule has 2 amide bonds. The Balaban J connectivity index is 2.54. The lowest BCUT2D eigenvalue weighted by molar-refractivity contribution is -0.129. The average molecular weight is 251 g/mol. The molecule has 18 heavy (non-hydrogen) atoms. The zero-order valence-corrected chi connectivity index (χ0v) is 11.0. The monoisotopic (exact) mass is 251 g/mol. The van der Waals surface area contributed by atoms with Crippen molar-refractivity contribution in [3.05, 3.63) is 0 Å². The fourth-order valence-electron chi connectivity index (χ4n) is 2.08. The highest BCUT2D eigenvalue weighted by Gasteiger charge is 2.29. The number of likely N-dealkylation sites (tertiary alicyclic amines) is 1. The first kappa shape index (κ1) is 14.5. The summed E-state index contributed by atoms with van der Waals surface area (Å²) >= 11 is 0. The minimum atomic E-state index is -0.636. The van der Waals surface area contributed by atoms with Crippen LogP contribution in [-0.2, 0) is 9.59 Å². The first-order valence-corrected chi connectivity index (χ1v) is 6.14. The largest absolute Gasteiger partial charge is 0.369 e. The van der Waals surface area contributed by atoms with Gasteiger partial charge in [0.05, 0.1) is 18.0 Å². The van der Waals surface area contributed by atoms with Crippen molar-refractivity contribution in [2.75, 3.05) is 19.6 Å². The smallest absolute Gasteiger partial charge is 0.231 e. The molecule has 0 radical (unpaired) electrons. The van der Waals surface area contributed by atoms with Crippen LogP contribution < -0.4 is 11.1 Å². The maximum Gasteiger partial charge on any atom is 0.231 e. The number of hydrogen-bond acceptors (Lipinski definition) is 3. The van der Waals surface area contributed by atoms with Gasteiger partial charge in [-0.1, -0.05) is 5.92 Å². The lowest BCUT2D eigenvalue weighted by Gasteiger charge is -2.32. The van der Waals surface area contributed by atoms with Crippen molar-refractivity contribution >= 4 is 11.8 Å². The SMILES string of the molecule is C#CC(C)(C)NC(=O)C1CCCN(CC(N)=O)C1. The fourth-order valence-corrected chi connectivity index (χ4v) is 2.08. The molecule has 0 aromatic heterocycles. The number of amides is 2. The van der Waals surface area contributed by atoms with E-state index in [4.69, 9.17) is 12.2 Å². The Labute approximate surface area is 108 Å². The molecule has 0 bridgehead atoms. The standard InChI is InChI=1S/C13H21N3O2/c1-4-13(2,3)15-12(18)10-6-5-7-16(8-10)9-11(14)17/h1,10H,5-9H2,2-3H3,(H2,14,17)(H,15,18). The number of rotatable bonds is 4. The second-order valence-electron chi connectivity index (χ2n) is 5.30. The van der Waals surface area contributed by atoms with Crippen LogP contribution in [0.15, 0.2) is 0 Å². The Hall–Kier alpha value is -1.54. The second kappa shape index (κ2) is 5.87. The molecule has 1 fully saturated rings. The predicted octanol–water partition coefficient (Wildman–Crippen LogP) is -0.288. The molecule has 5 heteroatoms. The summed E-state index contributed by atoms with van der Waals surface area (Å²) in [5.74, 6) is 2.01. The number of piperidine rings is 1. The Morgan fingerprint density at radius 2 is 2.22 bits per heavy atom. The summed E-state index contributed by atoms with van der Waals surface area (Å²) in [6.45, 7) is 5.16. The van der Waals surface area contributed by atoms with E-state index in [2.05, 4.69) is 11.2 Å². The normalized spacial score (nSPS) is 21.1. The molecular weight excluding hydrogens is 230 g/mol. The minimum Gasteiger partial charge on any atom is -0.369 e. The van der Waals surface area contributed by atoms with Gasteiger partial charge in [0, 0.05) is 6.54 Å². The molecule has 0 aromatic rings. The molecule has 0 spiro atoms. The van der Waals surface area contributed by atoms with Crippen LogP contribution in [0.1, 0.15) is 26.7 Å². The minimum absolute atomic E-state index is 0.0490. The van der Waals surface area contributed by atoms with E-state index in [0.717, 1.165) is 19.4 Å². The van der Waals surface area contributed by atoms with E-state index in [1.807, 2.05) is 4.90 Å². The topological polar surface area (TPSA) is 75.4 Å². The van der Waals surface area contributed by atoms with Gasteiger partial charge in [-0.2, -0.15) is 0 Å². The quantitative estimate of drug-likeness (QED) is 0.674. The van der Waals surface area contributed by atoms with Gasteiger partial charge in [-0.15, -0.1) is 6.42 Å². The lowest BCUT2D eigenvalue weighted by Crippen LogP contribution is -2.50. The van der Waals surface area contributed by atoms with Gasteiger partial charge < -0.3 is 11.1 Å². The first-order chi connectivity index (χ1) is 8.34. The summed E-state index contributed by atoms with van der Waals surface area (Å²) in [6, 6.07) is 0. The zero-order chi connectivity index (χ0) is 13.8. The molecule has 1 rings (SSSR count). The van der Waals surface area contributed by atoms with Gasteiger partial charge in [0.2, 0.25) is 11.8 Å². The summed E-state index contributed by atoms with van der Waals surface area (Å²) in [6.07, 6.45) is 7.05. The maximum atomic E-state index is 12.1. The Morgan fingerprint density at radius 1 is 1.56 bits per heavy atom. The summed E-state index contributed by atoms with van der Waals surface area (Å²) in [4.78, 5) is 24.8. The van der Waals surface area contributed by atoms with E-state index in [1.165, 1.54) is 0 Å². The summed E-state index contributed by atoms with van der Waals surface area (Å²) in [5.41, 5.74) is 4.52. The highest BCUT2D eigenvalue weighted by molar-refractivity contribution is 5.80. The number of nitrogens with two attached hydrogens (primary N) is 1. The summed E-state index contributed by atoms with van der Waals surface area (Å²) in [5, 5.41) is 2.83. The third kappa shape index (κ3) is 4.38. The third-order valence-electron chi connectivity index (χ3n) is 3.05. The molecule has 1 heterocycles. The van der Waals surface area contributed by atoms with Crippen molar-refractivity contribution in [3.63, 3.8) is 0 Å². The molecule has 1 aliphatic heterocycles. The van der Waals surface area contributed by atoms with Crippen LogP contribution in [0, 0.1) is 18.3 Å². The van der Waals surface area contributed by atoms with E-state index < -0.39 is 5.54 Å². The molecule has 1 aliphatic rings. The van der Waals surface area contributed by atoms with Gasteiger partial charge in [0.15, 0.2) is 0 Å². The third-order valence-corrected chi connectivity index (χ3v) is 3.05. The average Bonchev–Trinajstić information content (AvgIpc) is 2.28. The van der Waals surface area contributed by atoms with E-state index in [-0.39, 0.29) is 24.3 Å². The zero-order valence-electron chi connectivity index (χ0n) is 11.0. The van der Waals surface area contributed by atoms with Crippen LogP contribution in [0.2, 0.25) is 0 Å². The van der Waals surface area contributed by atoms with Crippen molar-refractivity contribution < 1.29 is 9.59 Å². The Bertz CT molecular complexity index is 371. The molecule has 5 nitrogen and oxygen atoms in total. The number of primary amides is 1. The van der Waals surface area contributed by atoms with Gasteiger partial charge in [0.25, 0.3) is 0 Å². The van der Waals surface area contributed by atoms with Gasteiger partial charge in [-0.05, 0) is 33.2 Å². The highest BCUT2D eigenvalue weighted by atomic mass is 16.2. The van der Waals surface area contributed by atoms with Crippen LogP contribution >= 0.6 is 0 Å². The number of carbonyl (C=O) groups excluding carboxylic acids is 2. The van der Waals surface area contributed by atoms with Gasteiger partial charge in [-0.3, -0.25) is 14.5 Å². The van der Waals surface area contributed by atoms with Crippen molar-refractivity contribution in [3.8, 4) is 12.3 Å². The molecule has 1 saturated heterocycles. The Morgan fingerprint density at radius 3 is 2.78 bits per heavy atom. The van der Waals surface area contributed by atoms with Crippen LogP contribution in [0.5, 0.6) is 0 Å². The summed E-state index contributed by atoms with van der Waals surface area (Å²) < 4.78 is 0. The predicted molar refractivity (Wildman–Crippen MR) is 69.4 cm³/mol. The molecule has 3 N–H and O–H groups in total.